The van der Waals surface area contributed by atoms with Crippen LogP contribution in [0.25, 0.3) is 0 Å². The fraction of sp³-hybridized carbons (Fsp3) is 0.438. The molecule has 0 amide bonds. The van der Waals surface area contributed by atoms with Gasteiger partial charge in [-0.25, -0.2) is 4.79 Å². The standard InChI is InChI=1S/C16H22O3/c1-4-6-7-14-8-10-15(11-9-14)19-12-13(3)16(17)18-5-2/h8-11H,3-7,12H2,1-2H3. The summed E-state index contributed by atoms with van der Waals surface area (Å²) in [7, 11) is 0. The summed E-state index contributed by atoms with van der Waals surface area (Å²) in [6.45, 7) is 8.10. The Labute approximate surface area is 115 Å². The zero-order valence-electron chi connectivity index (χ0n) is 11.8. The summed E-state index contributed by atoms with van der Waals surface area (Å²) in [5.74, 6) is 0.341. The molecule has 0 atom stereocenters. The van der Waals surface area contributed by atoms with Crippen molar-refractivity contribution in [3.05, 3.63) is 42.0 Å². The van der Waals surface area contributed by atoms with Crippen molar-refractivity contribution in [2.24, 2.45) is 0 Å². The van der Waals surface area contributed by atoms with Crippen LogP contribution in [-0.4, -0.2) is 19.2 Å². The Morgan fingerprint density at radius 3 is 2.47 bits per heavy atom. The molecule has 1 rings (SSSR count). The Balaban J connectivity index is 2.41. The Morgan fingerprint density at radius 2 is 1.89 bits per heavy atom. The molecular formula is C16H22O3. The van der Waals surface area contributed by atoms with Crippen molar-refractivity contribution in [3.8, 4) is 5.75 Å². The number of carbonyl (C=O) groups is 1. The predicted octanol–water partition coefficient (Wildman–Crippen LogP) is 3.53. The molecule has 0 aliphatic rings. The molecular weight excluding hydrogens is 240 g/mol. The van der Waals surface area contributed by atoms with Crippen LogP contribution in [0.2, 0.25) is 0 Å². The van der Waals surface area contributed by atoms with Gasteiger partial charge in [-0.05, 0) is 37.5 Å². The van der Waals surface area contributed by atoms with Crippen LogP contribution in [-0.2, 0) is 16.0 Å². The number of unbranched alkanes of at least 4 members (excludes halogenated alkanes) is 1. The van der Waals surface area contributed by atoms with Crippen LogP contribution in [0.4, 0.5) is 0 Å². The maximum absolute atomic E-state index is 11.3. The van der Waals surface area contributed by atoms with E-state index in [1.54, 1.807) is 6.92 Å². The SMILES string of the molecule is C=C(COc1ccc(CCCC)cc1)C(=O)OCC. The third-order valence-corrected chi connectivity index (χ3v) is 2.72. The highest BCUT2D eigenvalue weighted by Gasteiger charge is 2.08. The molecule has 0 radical (unpaired) electrons. The van der Waals surface area contributed by atoms with Crippen LogP contribution in [0.15, 0.2) is 36.4 Å². The summed E-state index contributed by atoms with van der Waals surface area (Å²) < 4.78 is 10.3. The van der Waals surface area contributed by atoms with Crippen LogP contribution in [0.3, 0.4) is 0 Å². The second-order valence-electron chi connectivity index (χ2n) is 4.36. The fourth-order valence-corrected chi connectivity index (χ4v) is 1.60. The number of ether oxygens (including phenoxy) is 2. The van der Waals surface area contributed by atoms with E-state index in [0.29, 0.717) is 12.2 Å². The van der Waals surface area contributed by atoms with E-state index in [0.717, 1.165) is 12.2 Å². The Hall–Kier alpha value is -1.77. The highest BCUT2D eigenvalue weighted by Crippen LogP contribution is 2.14. The van der Waals surface area contributed by atoms with Gasteiger partial charge in [0.15, 0.2) is 0 Å². The lowest BCUT2D eigenvalue weighted by Crippen LogP contribution is -2.13. The van der Waals surface area contributed by atoms with Crippen LogP contribution in [0, 0.1) is 0 Å². The lowest BCUT2D eigenvalue weighted by molar-refractivity contribution is -0.138. The first kappa shape index (κ1) is 15.3. The summed E-state index contributed by atoms with van der Waals surface area (Å²) in [4.78, 5) is 11.3. The van der Waals surface area contributed by atoms with Crippen molar-refractivity contribution < 1.29 is 14.3 Å². The lowest BCUT2D eigenvalue weighted by atomic mass is 10.1. The number of carbonyl (C=O) groups excluding carboxylic acids is 1. The highest BCUT2D eigenvalue weighted by molar-refractivity contribution is 5.88. The molecule has 1 aromatic rings. The normalized spacial score (nSPS) is 10.0. The Bertz CT molecular complexity index is 407. The van der Waals surface area contributed by atoms with Gasteiger partial charge in [-0.15, -0.1) is 0 Å². The second-order valence-corrected chi connectivity index (χ2v) is 4.36. The summed E-state index contributed by atoms with van der Waals surface area (Å²) in [6, 6.07) is 7.95. The topological polar surface area (TPSA) is 35.5 Å². The zero-order valence-corrected chi connectivity index (χ0v) is 11.8. The van der Waals surface area contributed by atoms with Crippen molar-refractivity contribution in [3.63, 3.8) is 0 Å². The molecule has 0 N–H and O–H groups in total. The van der Waals surface area contributed by atoms with Crippen LogP contribution < -0.4 is 4.74 Å². The number of aryl methyl sites for hydroxylation is 1. The minimum atomic E-state index is -0.401. The van der Waals surface area contributed by atoms with Gasteiger partial charge in [0.25, 0.3) is 0 Å². The molecule has 0 aliphatic carbocycles. The van der Waals surface area contributed by atoms with Crippen LogP contribution in [0.1, 0.15) is 32.3 Å². The van der Waals surface area contributed by atoms with Gasteiger partial charge in [-0.2, -0.15) is 0 Å². The van der Waals surface area contributed by atoms with Gasteiger partial charge in [0.1, 0.15) is 12.4 Å². The van der Waals surface area contributed by atoms with Gasteiger partial charge < -0.3 is 9.47 Å². The maximum atomic E-state index is 11.3. The average molecular weight is 262 g/mol. The van der Waals surface area contributed by atoms with Crippen molar-refractivity contribution in [1.82, 2.24) is 0 Å². The molecule has 0 saturated heterocycles. The summed E-state index contributed by atoms with van der Waals surface area (Å²) in [6.07, 6.45) is 3.48. The van der Waals surface area contributed by atoms with Crippen molar-refractivity contribution in [2.75, 3.05) is 13.2 Å². The quantitative estimate of drug-likeness (QED) is 0.531. The predicted molar refractivity (Wildman–Crippen MR) is 76.3 cm³/mol. The molecule has 0 saturated carbocycles. The zero-order chi connectivity index (χ0) is 14.1. The van der Waals surface area contributed by atoms with E-state index in [2.05, 4.69) is 25.6 Å². The molecule has 0 bridgehead atoms. The van der Waals surface area contributed by atoms with Gasteiger partial charge in [0.2, 0.25) is 0 Å². The molecule has 19 heavy (non-hydrogen) atoms. The van der Waals surface area contributed by atoms with Gasteiger partial charge in [-0.3, -0.25) is 0 Å². The van der Waals surface area contributed by atoms with Crippen LogP contribution in [0.5, 0.6) is 5.75 Å². The van der Waals surface area contributed by atoms with E-state index < -0.39 is 5.97 Å². The molecule has 0 aliphatic heterocycles. The summed E-state index contributed by atoms with van der Waals surface area (Å²) in [5, 5.41) is 0. The third-order valence-electron chi connectivity index (χ3n) is 2.72. The van der Waals surface area contributed by atoms with E-state index in [1.165, 1.54) is 18.4 Å². The largest absolute Gasteiger partial charge is 0.489 e. The number of hydrogen-bond donors (Lipinski definition) is 0. The number of hydrogen-bond acceptors (Lipinski definition) is 3. The minimum Gasteiger partial charge on any atom is -0.489 e. The molecule has 0 fully saturated rings. The minimum absolute atomic E-state index is 0.160. The Morgan fingerprint density at radius 1 is 1.21 bits per heavy atom. The highest BCUT2D eigenvalue weighted by atomic mass is 16.5. The summed E-state index contributed by atoms with van der Waals surface area (Å²) in [5.41, 5.74) is 1.63. The van der Waals surface area contributed by atoms with Gasteiger partial charge in [0.05, 0.1) is 12.2 Å². The molecule has 1 aromatic carbocycles. The first-order chi connectivity index (χ1) is 9.17. The summed E-state index contributed by atoms with van der Waals surface area (Å²) >= 11 is 0. The first-order valence-electron chi connectivity index (χ1n) is 6.74. The molecule has 0 heterocycles. The Kier molecular flexibility index (Phi) is 6.72. The number of esters is 1. The first-order valence-corrected chi connectivity index (χ1v) is 6.74. The van der Waals surface area contributed by atoms with E-state index in [1.807, 2.05) is 12.1 Å². The average Bonchev–Trinajstić information content (AvgIpc) is 2.43. The fourth-order valence-electron chi connectivity index (χ4n) is 1.60. The van der Waals surface area contributed by atoms with E-state index >= 15 is 0 Å². The van der Waals surface area contributed by atoms with Gasteiger partial charge in [-0.1, -0.05) is 32.1 Å². The van der Waals surface area contributed by atoms with Crippen molar-refractivity contribution in [2.45, 2.75) is 33.1 Å². The molecule has 3 nitrogen and oxygen atoms in total. The smallest absolute Gasteiger partial charge is 0.336 e. The van der Waals surface area contributed by atoms with Crippen molar-refractivity contribution >= 4 is 5.97 Å². The lowest BCUT2D eigenvalue weighted by Gasteiger charge is -2.08. The third kappa shape index (κ3) is 5.60. The number of benzene rings is 1. The van der Waals surface area contributed by atoms with E-state index in [9.17, 15) is 4.79 Å². The monoisotopic (exact) mass is 262 g/mol. The number of rotatable bonds is 8. The molecule has 0 spiro atoms. The van der Waals surface area contributed by atoms with Crippen LogP contribution >= 0.6 is 0 Å². The second kappa shape index (κ2) is 8.35. The molecule has 0 unspecified atom stereocenters. The molecule has 0 aromatic heterocycles. The van der Waals surface area contributed by atoms with Gasteiger partial charge >= 0.3 is 5.97 Å². The molecule has 3 heteroatoms. The maximum Gasteiger partial charge on any atom is 0.336 e. The molecule has 104 valence electrons. The van der Waals surface area contributed by atoms with Crippen molar-refractivity contribution in [1.29, 1.82) is 0 Å². The van der Waals surface area contributed by atoms with E-state index in [-0.39, 0.29) is 6.61 Å². The van der Waals surface area contributed by atoms with E-state index in [4.69, 9.17) is 9.47 Å². The van der Waals surface area contributed by atoms with Gasteiger partial charge in [0, 0.05) is 0 Å².